The molecule has 7 nitrogen and oxygen atoms in total. The SMILES string of the molecule is O=C(NN=Cc1cc(Cl)ccc1O)c1sc2cc([N+](=O)[O-])ccc2c1Cl. The lowest BCUT2D eigenvalue weighted by molar-refractivity contribution is -0.384. The number of halogens is 2. The Bertz CT molecular complexity index is 1070. The van der Waals surface area contributed by atoms with Crippen molar-refractivity contribution >= 4 is 62.4 Å². The van der Waals surface area contributed by atoms with Gasteiger partial charge >= 0.3 is 0 Å². The second-order valence-corrected chi connectivity index (χ2v) is 6.95. The van der Waals surface area contributed by atoms with Gasteiger partial charge in [0.2, 0.25) is 0 Å². The molecule has 0 aliphatic heterocycles. The molecule has 26 heavy (non-hydrogen) atoms. The smallest absolute Gasteiger partial charge is 0.283 e. The summed E-state index contributed by atoms with van der Waals surface area (Å²) < 4.78 is 0.519. The van der Waals surface area contributed by atoms with Gasteiger partial charge < -0.3 is 5.11 Å². The van der Waals surface area contributed by atoms with Crippen LogP contribution in [0.15, 0.2) is 41.5 Å². The van der Waals surface area contributed by atoms with Crippen LogP contribution in [0.3, 0.4) is 0 Å². The average molecular weight is 410 g/mol. The van der Waals surface area contributed by atoms with E-state index in [4.69, 9.17) is 23.2 Å². The number of amides is 1. The molecule has 0 bridgehead atoms. The molecular formula is C16H9Cl2N3O4S. The van der Waals surface area contributed by atoms with Gasteiger partial charge in [-0.2, -0.15) is 5.10 Å². The van der Waals surface area contributed by atoms with Gasteiger partial charge in [0.15, 0.2) is 0 Å². The first-order valence-corrected chi connectivity index (χ1v) is 8.62. The van der Waals surface area contributed by atoms with Crippen molar-refractivity contribution in [3.05, 3.63) is 67.0 Å². The van der Waals surface area contributed by atoms with Crippen molar-refractivity contribution in [3.63, 3.8) is 0 Å². The molecule has 132 valence electrons. The van der Waals surface area contributed by atoms with E-state index in [2.05, 4.69) is 10.5 Å². The topological polar surface area (TPSA) is 105 Å². The van der Waals surface area contributed by atoms with Crippen molar-refractivity contribution in [2.45, 2.75) is 0 Å². The molecule has 0 aliphatic rings. The Morgan fingerprint density at radius 3 is 2.77 bits per heavy atom. The predicted molar refractivity (Wildman–Crippen MR) is 102 cm³/mol. The van der Waals surface area contributed by atoms with Crippen molar-refractivity contribution < 1.29 is 14.8 Å². The molecule has 1 aromatic heterocycles. The Morgan fingerprint density at radius 2 is 2.04 bits per heavy atom. The number of phenolic OH excluding ortho intramolecular Hbond substituents is 1. The molecule has 1 amide bonds. The summed E-state index contributed by atoms with van der Waals surface area (Å²) >= 11 is 13.1. The molecule has 0 unspecified atom stereocenters. The highest BCUT2D eigenvalue weighted by atomic mass is 35.5. The second-order valence-electron chi connectivity index (χ2n) is 5.09. The Kier molecular flexibility index (Phi) is 5.08. The number of aromatic hydroxyl groups is 1. The lowest BCUT2D eigenvalue weighted by Crippen LogP contribution is -2.16. The summed E-state index contributed by atoms with van der Waals surface area (Å²) in [6.07, 6.45) is 1.24. The molecule has 3 rings (SSSR count). The number of rotatable bonds is 4. The molecule has 0 saturated carbocycles. The minimum absolute atomic E-state index is 0.0420. The molecule has 0 radical (unpaired) electrons. The number of hydrazone groups is 1. The average Bonchev–Trinajstić information content (AvgIpc) is 2.94. The van der Waals surface area contributed by atoms with Crippen LogP contribution in [0.5, 0.6) is 5.75 Å². The minimum Gasteiger partial charge on any atom is -0.507 e. The molecule has 3 aromatic rings. The maximum absolute atomic E-state index is 12.3. The van der Waals surface area contributed by atoms with Crippen LogP contribution >= 0.6 is 34.5 Å². The van der Waals surface area contributed by atoms with Gasteiger partial charge in [0.1, 0.15) is 10.6 Å². The summed E-state index contributed by atoms with van der Waals surface area (Å²) in [6.45, 7) is 0. The van der Waals surface area contributed by atoms with Crippen LogP contribution in [0, 0.1) is 10.1 Å². The van der Waals surface area contributed by atoms with Crippen molar-refractivity contribution in [1.29, 1.82) is 0 Å². The van der Waals surface area contributed by atoms with Crippen LogP contribution in [-0.4, -0.2) is 22.2 Å². The third kappa shape index (κ3) is 3.62. The lowest BCUT2D eigenvalue weighted by Gasteiger charge is -2.00. The summed E-state index contributed by atoms with van der Waals surface area (Å²) in [5.41, 5.74) is 2.54. The van der Waals surface area contributed by atoms with Gasteiger partial charge in [-0.3, -0.25) is 14.9 Å². The molecular weight excluding hydrogens is 401 g/mol. The number of benzene rings is 2. The monoisotopic (exact) mass is 409 g/mol. The highest BCUT2D eigenvalue weighted by molar-refractivity contribution is 7.21. The van der Waals surface area contributed by atoms with Crippen molar-refractivity contribution in [2.24, 2.45) is 5.10 Å². The molecule has 0 saturated heterocycles. The van der Waals surface area contributed by atoms with Crippen LogP contribution in [0.4, 0.5) is 5.69 Å². The predicted octanol–water partition coefficient (Wildman–Crippen LogP) is 4.59. The number of nitro benzene ring substituents is 1. The molecule has 0 atom stereocenters. The van der Waals surface area contributed by atoms with E-state index in [1.54, 1.807) is 0 Å². The maximum Gasteiger partial charge on any atom is 0.283 e. The first kappa shape index (κ1) is 18.1. The van der Waals surface area contributed by atoms with Crippen molar-refractivity contribution in [2.75, 3.05) is 0 Å². The summed E-state index contributed by atoms with van der Waals surface area (Å²) in [7, 11) is 0. The zero-order valence-corrected chi connectivity index (χ0v) is 15.1. The molecule has 2 N–H and O–H groups in total. The van der Waals surface area contributed by atoms with Gasteiger partial charge in [-0.15, -0.1) is 11.3 Å². The van der Waals surface area contributed by atoms with Crippen LogP contribution in [0.25, 0.3) is 10.1 Å². The van der Waals surface area contributed by atoms with E-state index >= 15 is 0 Å². The number of hydrogen-bond acceptors (Lipinski definition) is 6. The number of nitro groups is 1. The number of carbonyl (C=O) groups excluding carboxylic acids is 1. The molecule has 0 aliphatic carbocycles. The summed E-state index contributed by atoms with van der Waals surface area (Å²) in [5, 5.41) is 25.5. The zero-order valence-electron chi connectivity index (χ0n) is 12.8. The Hall–Kier alpha value is -2.68. The fourth-order valence-corrected chi connectivity index (χ4v) is 3.77. The molecule has 1 heterocycles. The van der Waals surface area contributed by atoms with Gasteiger partial charge in [-0.25, -0.2) is 5.43 Å². The standard InChI is InChI=1S/C16H9Cl2N3O4S/c17-9-1-4-12(22)8(5-9)7-19-20-16(23)15-14(18)11-3-2-10(21(24)25)6-13(11)26-15/h1-7,22H,(H,20,23). The van der Waals surface area contributed by atoms with Crippen LogP contribution in [0.2, 0.25) is 10.0 Å². The number of hydrogen-bond donors (Lipinski definition) is 2. The Labute approximate surface area is 160 Å². The summed E-state index contributed by atoms with van der Waals surface area (Å²) in [5.74, 6) is -0.615. The quantitative estimate of drug-likeness (QED) is 0.373. The van der Waals surface area contributed by atoms with E-state index in [9.17, 15) is 20.0 Å². The van der Waals surface area contributed by atoms with Crippen molar-refractivity contribution in [1.82, 2.24) is 5.43 Å². The molecule has 0 spiro atoms. The van der Waals surface area contributed by atoms with Gasteiger partial charge in [0.05, 0.1) is 16.2 Å². The van der Waals surface area contributed by atoms with Gasteiger partial charge in [0.25, 0.3) is 11.6 Å². The molecule has 0 fully saturated rings. The third-order valence-corrected chi connectivity index (χ3v) is 5.28. The van der Waals surface area contributed by atoms with Crippen LogP contribution < -0.4 is 5.43 Å². The van der Waals surface area contributed by atoms with Gasteiger partial charge in [0, 0.05) is 32.8 Å². The molecule has 2 aromatic carbocycles. The van der Waals surface area contributed by atoms with Crippen molar-refractivity contribution in [3.8, 4) is 5.75 Å². The normalized spacial score (nSPS) is 11.2. The zero-order chi connectivity index (χ0) is 18.8. The van der Waals surface area contributed by atoms with E-state index in [0.29, 0.717) is 20.7 Å². The number of nitrogens with zero attached hydrogens (tertiary/aromatic N) is 2. The Balaban J connectivity index is 1.83. The van der Waals surface area contributed by atoms with E-state index < -0.39 is 10.8 Å². The number of carbonyl (C=O) groups is 1. The van der Waals surface area contributed by atoms with E-state index in [1.807, 2.05) is 0 Å². The van der Waals surface area contributed by atoms with Gasteiger partial charge in [-0.1, -0.05) is 23.2 Å². The van der Waals surface area contributed by atoms with Crippen LogP contribution in [-0.2, 0) is 0 Å². The largest absolute Gasteiger partial charge is 0.507 e. The fourth-order valence-electron chi connectivity index (χ4n) is 2.15. The summed E-state index contributed by atoms with van der Waals surface area (Å²) in [6, 6.07) is 8.58. The number of thiophene rings is 1. The highest BCUT2D eigenvalue weighted by Gasteiger charge is 2.18. The molecule has 10 heteroatoms. The minimum atomic E-state index is -0.573. The van der Waals surface area contributed by atoms with Gasteiger partial charge in [-0.05, 0) is 24.3 Å². The van der Waals surface area contributed by atoms with E-state index in [-0.39, 0.29) is 21.3 Å². The second kappa shape index (κ2) is 7.28. The number of fused-ring (bicyclic) bond motifs is 1. The first-order valence-electron chi connectivity index (χ1n) is 7.05. The number of phenols is 1. The number of non-ortho nitro benzene ring substituents is 1. The fraction of sp³-hybridized carbons (Fsp3) is 0. The van der Waals surface area contributed by atoms with E-state index in [1.165, 1.54) is 42.6 Å². The van der Waals surface area contributed by atoms with E-state index in [0.717, 1.165) is 11.3 Å². The van der Waals surface area contributed by atoms with Crippen LogP contribution in [0.1, 0.15) is 15.2 Å². The lowest BCUT2D eigenvalue weighted by atomic mass is 10.2. The third-order valence-electron chi connectivity index (χ3n) is 3.39. The first-order chi connectivity index (χ1) is 12.4. The Morgan fingerprint density at radius 1 is 1.27 bits per heavy atom. The number of nitrogens with one attached hydrogen (secondary N) is 1. The highest BCUT2D eigenvalue weighted by Crippen LogP contribution is 2.37. The summed E-state index contributed by atoms with van der Waals surface area (Å²) in [4.78, 5) is 22.8. The maximum atomic E-state index is 12.3.